The number of carboxylic acid groups (broad SMARTS) is 1. The molecular formula is C9H12ClNO3. The molecule has 0 saturated carbocycles. The average molecular weight is 218 g/mol. The van der Waals surface area contributed by atoms with Gasteiger partial charge in [-0.1, -0.05) is 12.1 Å². The number of nitrogens with two attached hydrogens (primary N) is 1. The fourth-order valence-corrected chi connectivity index (χ4v) is 1.01. The van der Waals surface area contributed by atoms with Crippen LogP contribution < -0.4 is 5.73 Å². The molecule has 78 valence electrons. The minimum atomic E-state index is -0.994. The normalized spacial score (nSPS) is 11.6. The molecule has 0 saturated heterocycles. The van der Waals surface area contributed by atoms with Crippen LogP contribution in [0.5, 0.6) is 0 Å². The molecule has 0 amide bonds. The maximum Gasteiger partial charge on any atom is 0.335 e. The van der Waals surface area contributed by atoms with E-state index in [1.807, 2.05) is 0 Å². The second-order valence-electron chi connectivity index (χ2n) is 2.72. The van der Waals surface area contributed by atoms with Gasteiger partial charge in [0.25, 0.3) is 0 Å². The fraction of sp³-hybridized carbons (Fsp3) is 0.222. The van der Waals surface area contributed by atoms with Crippen molar-refractivity contribution in [2.75, 3.05) is 6.61 Å². The summed E-state index contributed by atoms with van der Waals surface area (Å²) in [6.45, 7) is -0.191. The lowest BCUT2D eigenvalue weighted by Crippen LogP contribution is -2.14. The summed E-state index contributed by atoms with van der Waals surface area (Å²) in [5.74, 6) is -0.994. The molecule has 0 unspecified atom stereocenters. The van der Waals surface area contributed by atoms with Crippen molar-refractivity contribution in [3.05, 3.63) is 35.4 Å². The first-order valence-electron chi connectivity index (χ1n) is 3.85. The largest absolute Gasteiger partial charge is 0.478 e. The van der Waals surface area contributed by atoms with Gasteiger partial charge in [-0.05, 0) is 17.7 Å². The van der Waals surface area contributed by atoms with Crippen LogP contribution in [0, 0.1) is 0 Å². The Morgan fingerprint density at radius 2 is 2.14 bits per heavy atom. The molecule has 1 rings (SSSR count). The Morgan fingerprint density at radius 3 is 2.64 bits per heavy atom. The molecule has 5 heteroatoms. The Kier molecular flexibility index (Phi) is 5.15. The summed E-state index contributed by atoms with van der Waals surface area (Å²) in [5, 5.41) is 17.4. The number of rotatable bonds is 3. The van der Waals surface area contributed by atoms with Crippen LogP contribution in [0.1, 0.15) is 22.0 Å². The molecule has 4 N–H and O–H groups in total. The van der Waals surface area contributed by atoms with Gasteiger partial charge in [-0.3, -0.25) is 0 Å². The summed E-state index contributed by atoms with van der Waals surface area (Å²) in [5.41, 5.74) is 6.33. The SMILES string of the molecule is Cl.N[C@@H](CO)c1cccc(C(=O)O)c1. The van der Waals surface area contributed by atoms with Crippen LogP contribution in [0.4, 0.5) is 0 Å². The third-order valence-electron chi connectivity index (χ3n) is 1.76. The van der Waals surface area contributed by atoms with E-state index in [0.29, 0.717) is 5.56 Å². The van der Waals surface area contributed by atoms with Crippen LogP contribution in [0.15, 0.2) is 24.3 Å². The minimum Gasteiger partial charge on any atom is -0.478 e. The van der Waals surface area contributed by atoms with Crippen LogP contribution in [-0.4, -0.2) is 22.8 Å². The number of hydrogen-bond donors (Lipinski definition) is 3. The predicted octanol–water partition coefficient (Wildman–Crippen LogP) is 0.799. The Hall–Kier alpha value is -1.10. The van der Waals surface area contributed by atoms with E-state index >= 15 is 0 Å². The molecule has 1 aromatic carbocycles. The molecule has 1 aromatic rings. The lowest BCUT2D eigenvalue weighted by atomic mass is 10.1. The van der Waals surface area contributed by atoms with Gasteiger partial charge in [0.1, 0.15) is 0 Å². The number of carboxylic acids is 1. The topological polar surface area (TPSA) is 83.5 Å². The van der Waals surface area contributed by atoms with Crippen molar-refractivity contribution < 1.29 is 15.0 Å². The van der Waals surface area contributed by atoms with Crippen molar-refractivity contribution in [1.29, 1.82) is 0 Å². The molecule has 0 aliphatic heterocycles. The van der Waals surface area contributed by atoms with Crippen LogP contribution in [0.3, 0.4) is 0 Å². The monoisotopic (exact) mass is 217 g/mol. The van der Waals surface area contributed by atoms with Crippen molar-refractivity contribution in [2.24, 2.45) is 5.73 Å². The van der Waals surface area contributed by atoms with Crippen molar-refractivity contribution in [3.63, 3.8) is 0 Å². The molecule has 0 aliphatic carbocycles. The average Bonchev–Trinajstić information content (AvgIpc) is 2.17. The number of aliphatic hydroxyl groups excluding tert-OH is 1. The number of halogens is 1. The van der Waals surface area contributed by atoms with Crippen LogP contribution in [0.2, 0.25) is 0 Å². The maximum absolute atomic E-state index is 10.6. The molecule has 14 heavy (non-hydrogen) atoms. The van der Waals surface area contributed by atoms with E-state index < -0.39 is 12.0 Å². The van der Waals surface area contributed by atoms with E-state index in [-0.39, 0.29) is 24.6 Å². The van der Waals surface area contributed by atoms with Crippen molar-refractivity contribution in [1.82, 2.24) is 0 Å². The van der Waals surface area contributed by atoms with Crippen molar-refractivity contribution in [3.8, 4) is 0 Å². The lowest BCUT2D eigenvalue weighted by molar-refractivity contribution is 0.0696. The zero-order chi connectivity index (χ0) is 9.84. The lowest BCUT2D eigenvalue weighted by Gasteiger charge is -2.08. The van der Waals surface area contributed by atoms with Crippen molar-refractivity contribution in [2.45, 2.75) is 6.04 Å². The summed E-state index contributed by atoms with van der Waals surface area (Å²) in [7, 11) is 0. The van der Waals surface area contributed by atoms with Crippen LogP contribution in [-0.2, 0) is 0 Å². The van der Waals surface area contributed by atoms with Gasteiger partial charge in [0, 0.05) is 0 Å². The number of aliphatic hydroxyl groups is 1. The molecule has 0 spiro atoms. The quantitative estimate of drug-likeness (QED) is 0.699. The standard InChI is InChI=1S/C9H11NO3.ClH/c10-8(5-11)6-2-1-3-7(4-6)9(12)13;/h1-4,8,11H,5,10H2,(H,12,13);1H/t8-;/m0./s1. The summed E-state index contributed by atoms with van der Waals surface area (Å²) in [4.78, 5) is 10.6. The summed E-state index contributed by atoms with van der Waals surface area (Å²) in [6.07, 6.45) is 0. The third-order valence-corrected chi connectivity index (χ3v) is 1.76. The molecule has 1 atom stereocenters. The number of aromatic carboxylic acids is 1. The fourth-order valence-electron chi connectivity index (χ4n) is 1.01. The summed E-state index contributed by atoms with van der Waals surface area (Å²) < 4.78 is 0. The van der Waals surface area contributed by atoms with Gasteiger partial charge in [-0.2, -0.15) is 0 Å². The Bertz CT molecular complexity index is 317. The van der Waals surface area contributed by atoms with Gasteiger partial charge in [0.2, 0.25) is 0 Å². The number of hydrogen-bond acceptors (Lipinski definition) is 3. The highest BCUT2D eigenvalue weighted by atomic mass is 35.5. The van der Waals surface area contributed by atoms with E-state index in [9.17, 15) is 4.79 Å². The molecule has 0 fully saturated rings. The van der Waals surface area contributed by atoms with E-state index in [1.165, 1.54) is 12.1 Å². The maximum atomic E-state index is 10.6. The highest BCUT2D eigenvalue weighted by Crippen LogP contribution is 2.11. The second-order valence-corrected chi connectivity index (χ2v) is 2.72. The number of benzene rings is 1. The van der Waals surface area contributed by atoms with E-state index in [4.69, 9.17) is 15.9 Å². The predicted molar refractivity (Wildman–Crippen MR) is 54.7 cm³/mol. The molecule has 0 heterocycles. The summed E-state index contributed by atoms with van der Waals surface area (Å²) in [6, 6.07) is 5.72. The Labute approximate surface area is 87.8 Å². The van der Waals surface area contributed by atoms with Gasteiger partial charge in [0.15, 0.2) is 0 Å². The van der Waals surface area contributed by atoms with Gasteiger partial charge in [0.05, 0.1) is 18.2 Å². The molecule has 4 nitrogen and oxygen atoms in total. The first-order valence-corrected chi connectivity index (χ1v) is 3.85. The zero-order valence-corrected chi connectivity index (χ0v) is 8.20. The van der Waals surface area contributed by atoms with Gasteiger partial charge in [-0.25, -0.2) is 4.79 Å². The molecule has 0 aliphatic rings. The zero-order valence-electron chi connectivity index (χ0n) is 7.38. The second kappa shape index (κ2) is 5.59. The third kappa shape index (κ3) is 2.99. The molecule has 0 bridgehead atoms. The van der Waals surface area contributed by atoms with E-state index in [2.05, 4.69) is 0 Å². The van der Waals surface area contributed by atoms with Gasteiger partial charge in [-0.15, -0.1) is 12.4 Å². The van der Waals surface area contributed by atoms with Crippen LogP contribution >= 0.6 is 12.4 Å². The van der Waals surface area contributed by atoms with E-state index in [0.717, 1.165) is 0 Å². The molecule has 0 radical (unpaired) electrons. The first-order chi connectivity index (χ1) is 6.15. The van der Waals surface area contributed by atoms with Gasteiger partial charge >= 0.3 is 5.97 Å². The highest BCUT2D eigenvalue weighted by Gasteiger charge is 2.07. The molecular weight excluding hydrogens is 206 g/mol. The molecule has 0 aromatic heterocycles. The van der Waals surface area contributed by atoms with E-state index in [1.54, 1.807) is 12.1 Å². The highest BCUT2D eigenvalue weighted by molar-refractivity contribution is 5.87. The number of carbonyl (C=O) groups is 1. The smallest absolute Gasteiger partial charge is 0.335 e. The summed E-state index contributed by atoms with van der Waals surface area (Å²) >= 11 is 0. The Morgan fingerprint density at radius 1 is 1.50 bits per heavy atom. The van der Waals surface area contributed by atoms with Gasteiger partial charge < -0.3 is 15.9 Å². The minimum absolute atomic E-state index is 0. The van der Waals surface area contributed by atoms with Crippen molar-refractivity contribution >= 4 is 18.4 Å². The van der Waals surface area contributed by atoms with Crippen LogP contribution in [0.25, 0.3) is 0 Å². The Balaban J connectivity index is 0.00000169. The first kappa shape index (κ1) is 12.9.